The van der Waals surface area contributed by atoms with E-state index in [9.17, 15) is 0 Å². The first-order valence-corrected chi connectivity index (χ1v) is 6.90. The van der Waals surface area contributed by atoms with E-state index in [-0.39, 0.29) is 6.10 Å². The molecule has 18 heavy (non-hydrogen) atoms. The van der Waals surface area contributed by atoms with Crippen LogP contribution >= 0.6 is 0 Å². The molecule has 3 rings (SSSR count). The maximum Gasteiger partial charge on any atom is 0.142 e. The molecule has 1 aliphatic heterocycles. The van der Waals surface area contributed by atoms with Crippen molar-refractivity contribution >= 4 is 5.69 Å². The summed E-state index contributed by atoms with van der Waals surface area (Å²) in [5, 5.41) is 3.44. The van der Waals surface area contributed by atoms with Gasteiger partial charge in [0.05, 0.1) is 12.2 Å². The van der Waals surface area contributed by atoms with Crippen LogP contribution < -0.4 is 10.1 Å². The van der Waals surface area contributed by atoms with Crippen LogP contribution in [0.2, 0.25) is 0 Å². The number of nitrogens with zero attached hydrogens (tertiary/aromatic N) is 1. The van der Waals surface area contributed by atoms with E-state index >= 15 is 0 Å². The molecule has 0 amide bonds. The first-order valence-electron chi connectivity index (χ1n) is 6.90. The van der Waals surface area contributed by atoms with Gasteiger partial charge in [-0.1, -0.05) is 19.1 Å². The number of rotatable bonds is 4. The van der Waals surface area contributed by atoms with Crippen LogP contribution in [0, 0.1) is 11.8 Å². The Hall–Kier alpha value is -1.22. The molecular weight excluding hydrogens is 224 g/mol. The molecule has 1 heterocycles. The average Bonchev–Trinajstić information content (AvgIpc) is 3.04. The van der Waals surface area contributed by atoms with Gasteiger partial charge in [0.1, 0.15) is 11.9 Å². The zero-order valence-electron chi connectivity index (χ0n) is 11.2. The number of hydrogen-bond donors (Lipinski definition) is 1. The van der Waals surface area contributed by atoms with Crippen molar-refractivity contribution in [2.45, 2.75) is 19.4 Å². The summed E-state index contributed by atoms with van der Waals surface area (Å²) in [6, 6.07) is 8.17. The van der Waals surface area contributed by atoms with E-state index in [1.807, 2.05) is 18.2 Å². The van der Waals surface area contributed by atoms with Crippen molar-refractivity contribution < 1.29 is 4.74 Å². The highest BCUT2D eigenvalue weighted by molar-refractivity contribution is 5.57. The largest absolute Gasteiger partial charge is 0.485 e. The van der Waals surface area contributed by atoms with Crippen LogP contribution in [-0.4, -0.2) is 37.7 Å². The Labute approximate surface area is 109 Å². The average molecular weight is 246 g/mol. The van der Waals surface area contributed by atoms with Crippen LogP contribution in [0.25, 0.3) is 0 Å². The molecule has 98 valence electrons. The normalized spacial score (nSPS) is 29.4. The summed E-state index contributed by atoms with van der Waals surface area (Å²) in [5.74, 6) is 2.83. The molecule has 1 aromatic carbocycles. The van der Waals surface area contributed by atoms with Crippen molar-refractivity contribution in [3.63, 3.8) is 0 Å². The third-order valence-corrected chi connectivity index (χ3v) is 4.04. The Morgan fingerprint density at radius 1 is 1.33 bits per heavy atom. The molecule has 1 aliphatic carbocycles. The Kier molecular flexibility index (Phi) is 3.16. The molecule has 0 radical (unpaired) electrons. The van der Waals surface area contributed by atoms with E-state index in [1.165, 1.54) is 13.0 Å². The lowest BCUT2D eigenvalue weighted by Gasteiger charge is -2.30. The minimum Gasteiger partial charge on any atom is -0.485 e. The SMILES string of the molecule is CC1CC1CN(C)CC1CNc2ccccc2O1. The van der Waals surface area contributed by atoms with Gasteiger partial charge < -0.3 is 15.0 Å². The summed E-state index contributed by atoms with van der Waals surface area (Å²) in [6.45, 7) is 5.46. The first-order chi connectivity index (χ1) is 8.72. The molecule has 3 atom stereocenters. The molecule has 0 bridgehead atoms. The topological polar surface area (TPSA) is 24.5 Å². The fraction of sp³-hybridized carbons (Fsp3) is 0.600. The Morgan fingerprint density at radius 2 is 2.11 bits per heavy atom. The predicted octanol–water partition coefficient (Wildman–Crippen LogP) is 2.45. The lowest BCUT2D eigenvalue weighted by atomic mass is 10.2. The summed E-state index contributed by atoms with van der Waals surface area (Å²) >= 11 is 0. The van der Waals surface area contributed by atoms with Gasteiger partial charge in [0.25, 0.3) is 0 Å². The maximum absolute atomic E-state index is 6.03. The lowest BCUT2D eigenvalue weighted by molar-refractivity contribution is 0.148. The van der Waals surface area contributed by atoms with Gasteiger partial charge in [-0.2, -0.15) is 0 Å². The van der Waals surface area contributed by atoms with Gasteiger partial charge in [-0.25, -0.2) is 0 Å². The molecule has 1 fully saturated rings. The fourth-order valence-corrected chi connectivity index (χ4v) is 2.74. The van der Waals surface area contributed by atoms with Gasteiger partial charge in [0.15, 0.2) is 0 Å². The van der Waals surface area contributed by atoms with E-state index in [1.54, 1.807) is 0 Å². The molecule has 1 aromatic rings. The third-order valence-electron chi connectivity index (χ3n) is 4.04. The standard InChI is InChI=1S/C15H22N2O/c1-11-7-12(11)9-17(2)10-13-8-16-14-5-3-4-6-15(14)18-13/h3-6,11-13,16H,7-10H2,1-2H3. The number of anilines is 1. The lowest BCUT2D eigenvalue weighted by Crippen LogP contribution is -2.40. The van der Waals surface area contributed by atoms with E-state index in [0.717, 1.165) is 36.4 Å². The van der Waals surface area contributed by atoms with E-state index in [4.69, 9.17) is 4.74 Å². The van der Waals surface area contributed by atoms with Crippen molar-refractivity contribution in [3.05, 3.63) is 24.3 Å². The maximum atomic E-state index is 6.03. The molecule has 1 saturated carbocycles. The number of ether oxygens (including phenoxy) is 1. The van der Waals surface area contributed by atoms with Crippen molar-refractivity contribution in [3.8, 4) is 5.75 Å². The van der Waals surface area contributed by atoms with Crippen LogP contribution in [0.1, 0.15) is 13.3 Å². The number of benzene rings is 1. The summed E-state index contributed by atoms with van der Waals surface area (Å²) in [7, 11) is 2.20. The van der Waals surface area contributed by atoms with Crippen LogP contribution in [0.3, 0.4) is 0 Å². The minimum atomic E-state index is 0.263. The molecule has 1 N–H and O–H groups in total. The van der Waals surface area contributed by atoms with Crippen molar-refractivity contribution in [1.29, 1.82) is 0 Å². The molecule has 2 aliphatic rings. The number of para-hydroxylation sites is 2. The van der Waals surface area contributed by atoms with Crippen LogP contribution in [0.15, 0.2) is 24.3 Å². The second kappa shape index (κ2) is 4.81. The molecule has 0 saturated heterocycles. The highest BCUT2D eigenvalue weighted by Gasteiger charge is 2.33. The minimum absolute atomic E-state index is 0.263. The van der Waals surface area contributed by atoms with Gasteiger partial charge in [-0.15, -0.1) is 0 Å². The monoisotopic (exact) mass is 246 g/mol. The van der Waals surface area contributed by atoms with Gasteiger partial charge in [-0.3, -0.25) is 0 Å². The van der Waals surface area contributed by atoms with Crippen LogP contribution in [0.4, 0.5) is 5.69 Å². The van der Waals surface area contributed by atoms with Crippen molar-refractivity contribution in [2.75, 3.05) is 32.0 Å². The van der Waals surface area contributed by atoms with Crippen LogP contribution in [-0.2, 0) is 0 Å². The van der Waals surface area contributed by atoms with Gasteiger partial charge in [0.2, 0.25) is 0 Å². The number of likely N-dealkylation sites (N-methyl/N-ethyl adjacent to an activating group) is 1. The van der Waals surface area contributed by atoms with E-state index in [2.05, 4.69) is 30.3 Å². The summed E-state index contributed by atoms with van der Waals surface area (Å²) < 4.78 is 6.03. The molecule has 3 heteroatoms. The van der Waals surface area contributed by atoms with E-state index in [0.29, 0.717) is 0 Å². The molecule has 0 spiro atoms. The zero-order chi connectivity index (χ0) is 12.5. The predicted molar refractivity (Wildman–Crippen MR) is 74.1 cm³/mol. The fourth-order valence-electron chi connectivity index (χ4n) is 2.74. The van der Waals surface area contributed by atoms with E-state index < -0.39 is 0 Å². The van der Waals surface area contributed by atoms with Gasteiger partial charge >= 0.3 is 0 Å². The van der Waals surface area contributed by atoms with Gasteiger partial charge in [-0.05, 0) is 37.4 Å². The number of hydrogen-bond acceptors (Lipinski definition) is 3. The molecule has 0 aromatic heterocycles. The Morgan fingerprint density at radius 3 is 2.89 bits per heavy atom. The second-order valence-electron chi connectivity index (χ2n) is 5.81. The highest BCUT2D eigenvalue weighted by atomic mass is 16.5. The summed E-state index contributed by atoms with van der Waals surface area (Å²) in [6.07, 6.45) is 1.66. The number of nitrogens with one attached hydrogen (secondary N) is 1. The molecule has 3 unspecified atom stereocenters. The number of fused-ring (bicyclic) bond motifs is 1. The summed E-state index contributed by atoms with van der Waals surface area (Å²) in [4.78, 5) is 2.41. The first kappa shape index (κ1) is 11.8. The highest BCUT2D eigenvalue weighted by Crippen LogP contribution is 2.38. The molecule has 3 nitrogen and oxygen atoms in total. The summed E-state index contributed by atoms with van der Waals surface area (Å²) in [5.41, 5.74) is 1.12. The third kappa shape index (κ3) is 2.61. The smallest absolute Gasteiger partial charge is 0.142 e. The van der Waals surface area contributed by atoms with Crippen LogP contribution in [0.5, 0.6) is 5.75 Å². The zero-order valence-corrected chi connectivity index (χ0v) is 11.2. The Balaban J connectivity index is 1.52. The van der Waals surface area contributed by atoms with Crippen molar-refractivity contribution in [1.82, 2.24) is 4.90 Å². The second-order valence-corrected chi connectivity index (χ2v) is 5.81. The Bertz CT molecular complexity index is 421. The van der Waals surface area contributed by atoms with Crippen molar-refractivity contribution in [2.24, 2.45) is 11.8 Å². The molecular formula is C15H22N2O. The quantitative estimate of drug-likeness (QED) is 0.883. The van der Waals surface area contributed by atoms with Gasteiger partial charge in [0, 0.05) is 13.1 Å².